The Morgan fingerprint density at radius 3 is 2.40 bits per heavy atom. The van der Waals surface area contributed by atoms with Gasteiger partial charge in [-0.3, -0.25) is 4.79 Å². The quantitative estimate of drug-likeness (QED) is 0.745. The van der Waals surface area contributed by atoms with Crippen molar-refractivity contribution in [2.24, 2.45) is 11.1 Å². The molecule has 0 aliphatic rings. The van der Waals surface area contributed by atoms with Crippen molar-refractivity contribution in [3.63, 3.8) is 0 Å². The van der Waals surface area contributed by atoms with E-state index in [1.54, 1.807) is 0 Å². The summed E-state index contributed by atoms with van der Waals surface area (Å²) in [6, 6.07) is 8.91. The van der Waals surface area contributed by atoms with Gasteiger partial charge in [-0.15, -0.1) is 0 Å². The maximum Gasteiger partial charge on any atom is 0.222 e. The molecular weight excluding hydrogens is 252 g/mol. The zero-order chi connectivity index (χ0) is 15.2. The second-order valence-corrected chi connectivity index (χ2v) is 6.44. The van der Waals surface area contributed by atoms with Gasteiger partial charge in [0.15, 0.2) is 0 Å². The van der Waals surface area contributed by atoms with Crippen LogP contribution in [0.2, 0.25) is 0 Å². The Labute approximate surface area is 121 Å². The molecule has 0 heterocycles. The van der Waals surface area contributed by atoms with Crippen molar-refractivity contribution in [3.8, 4) is 0 Å². The van der Waals surface area contributed by atoms with E-state index in [0.29, 0.717) is 0 Å². The van der Waals surface area contributed by atoms with Gasteiger partial charge < -0.3 is 16.2 Å². The van der Waals surface area contributed by atoms with Crippen molar-refractivity contribution in [2.45, 2.75) is 45.7 Å². The molecule has 4 heteroatoms. The van der Waals surface area contributed by atoms with Crippen LogP contribution in [-0.2, 0) is 4.79 Å². The van der Waals surface area contributed by atoms with Crippen LogP contribution in [0.1, 0.15) is 45.2 Å². The summed E-state index contributed by atoms with van der Waals surface area (Å²) in [6.45, 7) is 6.19. The van der Waals surface area contributed by atoms with E-state index in [0.717, 1.165) is 12.0 Å². The van der Waals surface area contributed by atoms with Crippen LogP contribution in [0.5, 0.6) is 0 Å². The van der Waals surface area contributed by atoms with Gasteiger partial charge in [0.1, 0.15) is 0 Å². The fraction of sp³-hybridized carbons (Fsp3) is 0.562. The van der Waals surface area contributed by atoms with Crippen molar-refractivity contribution in [1.29, 1.82) is 0 Å². The Bertz CT molecular complexity index is 412. The number of aliphatic hydroxyl groups is 1. The van der Waals surface area contributed by atoms with E-state index in [1.807, 2.05) is 30.3 Å². The topological polar surface area (TPSA) is 75.4 Å². The van der Waals surface area contributed by atoms with Crippen molar-refractivity contribution in [2.75, 3.05) is 6.61 Å². The Morgan fingerprint density at radius 1 is 1.30 bits per heavy atom. The summed E-state index contributed by atoms with van der Waals surface area (Å²) < 4.78 is 0. The molecule has 0 aliphatic heterocycles. The van der Waals surface area contributed by atoms with E-state index in [1.165, 1.54) is 0 Å². The van der Waals surface area contributed by atoms with Gasteiger partial charge in [-0.25, -0.2) is 0 Å². The van der Waals surface area contributed by atoms with Gasteiger partial charge in [-0.1, -0.05) is 51.1 Å². The summed E-state index contributed by atoms with van der Waals surface area (Å²) in [5.41, 5.74) is 7.00. The minimum Gasteiger partial charge on any atom is -0.394 e. The normalized spacial score (nSPS) is 14.7. The van der Waals surface area contributed by atoms with E-state index in [2.05, 4.69) is 26.1 Å². The number of carbonyl (C=O) groups excluding carboxylic acids is 1. The molecule has 0 saturated heterocycles. The fourth-order valence-electron chi connectivity index (χ4n) is 2.27. The number of nitrogens with two attached hydrogens (primary N) is 1. The number of carbonyl (C=O) groups is 1. The molecule has 1 aromatic rings. The molecule has 0 aliphatic carbocycles. The molecular formula is C16H26N2O2. The molecule has 0 radical (unpaired) electrons. The summed E-state index contributed by atoms with van der Waals surface area (Å²) in [5.74, 6) is -0.121. The molecule has 1 rings (SSSR count). The third-order valence-corrected chi connectivity index (χ3v) is 3.04. The van der Waals surface area contributed by atoms with E-state index in [-0.39, 0.29) is 36.4 Å². The van der Waals surface area contributed by atoms with E-state index < -0.39 is 0 Å². The zero-order valence-corrected chi connectivity index (χ0v) is 12.6. The van der Waals surface area contributed by atoms with Crippen LogP contribution in [0.15, 0.2) is 30.3 Å². The van der Waals surface area contributed by atoms with Crippen LogP contribution >= 0.6 is 0 Å². The molecule has 20 heavy (non-hydrogen) atoms. The number of hydrogen-bond acceptors (Lipinski definition) is 3. The van der Waals surface area contributed by atoms with Gasteiger partial charge in [0.2, 0.25) is 5.91 Å². The highest BCUT2D eigenvalue weighted by atomic mass is 16.3. The third-order valence-electron chi connectivity index (χ3n) is 3.04. The fourth-order valence-corrected chi connectivity index (χ4v) is 2.27. The molecule has 0 bridgehead atoms. The Morgan fingerprint density at radius 2 is 1.90 bits per heavy atom. The lowest BCUT2D eigenvalue weighted by Crippen LogP contribution is -2.36. The molecule has 112 valence electrons. The molecule has 1 aromatic carbocycles. The smallest absolute Gasteiger partial charge is 0.222 e. The lowest BCUT2D eigenvalue weighted by molar-refractivity contribution is -0.122. The highest BCUT2D eigenvalue weighted by Crippen LogP contribution is 2.21. The van der Waals surface area contributed by atoms with Gasteiger partial charge in [0, 0.05) is 12.5 Å². The van der Waals surface area contributed by atoms with Crippen molar-refractivity contribution in [3.05, 3.63) is 35.9 Å². The van der Waals surface area contributed by atoms with Crippen molar-refractivity contribution >= 4 is 5.91 Å². The Balaban J connectivity index is 2.52. The second kappa shape index (κ2) is 7.41. The molecule has 4 N–H and O–H groups in total. The monoisotopic (exact) mass is 278 g/mol. The predicted molar refractivity (Wildman–Crippen MR) is 81.1 cm³/mol. The molecule has 4 nitrogen and oxygen atoms in total. The van der Waals surface area contributed by atoms with Gasteiger partial charge in [-0.2, -0.15) is 0 Å². The number of rotatable bonds is 6. The van der Waals surface area contributed by atoms with E-state index >= 15 is 0 Å². The lowest BCUT2D eigenvalue weighted by Gasteiger charge is -2.23. The summed E-state index contributed by atoms with van der Waals surface area (Å²) in [7, 11) is 0. The second-order valence-electron chi connectivity index (χ2n) is 6.44. The van der Waals surface area contributed by atoms with Crippen LogP contribution in [0.3, 0.4) is 0 Å². The van der Waals surface area contributed by atoms with Crippen LogP contribution < -0.4 is 11.1 Å². The van der Waals surface area contributed by atoms with Gasteiger partial charge in [0.25, 0.3) is 0 Å². The maximum absolute atomic E-state index is 12.0. The first kappa shape index (κ1) is 16.7. The zero-order valence-electron chi connectivity index (χ0n) is 12.6. The predicted octanol–water partition coefficient (Wildman–Crippen LogP) is 1.99. The van der Waals surface area contributed by atoms with E-state index in [9.17, 15) is 9.90 Å². The molecule has 1 amide bonds. The largest absolute Gasteiger partial charge is 0.394 e. The molecule has 1 unspecified atom stereocenters. The van der Waals surface area contributed by atoms with Gasteiger partial charge in [0.05, 0.1) is 12.6 Å². The average Bonchev–Trinajstić information content (AvgIpc) is 2.34. The maximum atomic E-state index is 12.0. The molecule has 0 spiro atoms. The van der Waals surface area contributed by atoms with Crippen molar-refractivity contribution < 1.29 is 9.90 Å². The molecule has 0 fully saturated rings. The highest BCUT2D eigenvalue weighted by molar-refractivity contribution is 5.77. The number of benzene rings is 1. The van der Waals surface area contributed by atoms with Crippen LogP contribution in [0, 0.1) is 5.41 Å². The highest BCUT2D eigenvalue weighted by Gasteiger charge is 2.20. The number of hydrogen-bond donors (Lipinski definition) is 3. The molecule has 0 saturated carbocycles. The van der Waals surface area contributed by atoms with E-state index in [4.69, 9.17) is 5.73 Å². The summed E-state index contributed by atoms with van der Waals surface area (Å²) in [6.07, 6.45) is 1.07. The minimum absolute atomic E-state index is 0.107. The summed E-state index contributed by atoms with van der Waals surface area (Å²) in [5, 5.41) is 12.2. The van der Waals surface area contributed by atoms with Gasteiger partial charge in [-0.05, 0) is 17.4 Å². The Hall–Kier alpha value is -1.39. The molecule has 0 aromatic heterocycles. The lowest BCUT2D eigenvalue weighted by atomic mass is 9.87. The summed E-state index contributed by atoms with van der Waals surface area (Å²) in [4.78, 5) is 12.0. The first-order chi connectivity index (χ1) is 9.31. The first-order valence-corrected chi connectivity index (χ1v) is 7.02. The first-order valence-electron chi connectivity index (χ1n) is 7.02. The third kappa shape index (κ3) is 6.17. The summed E-state index contributed by atoms with van der Waals surface area (Å²) >= 11 is 0. The van der Waals surface area contributed by atoms with Crippen LogP contribution in [0.25, 0.3) is 0 Å². The standard InChI is InChI=1S/C16H26N2O2/c1-16(2,3)10-13(17)9-15(20)18-14(11-19)12-7-5-4-6-8-12/h4-8,13-14,19H,9-11,17H2,1-3H3,(H,18,20)/t13?,14-/m0/s1. The SMILES string of the molecule is CC(C)(C)CC(N)CC(=O)N[C@@H](CO)c1ccccc1. The van der Waals surface area contributed by atoms with Crippen molar-refractivity contribution in [1.82, 2.24) is 5.32 Å². The number of amides is 1. The minimum atomic E-state index is -0.370. The van der Waals surface area contributed by atoms with Crippen LogP contribution in [-0.4, -0.2) is 23.7 Å². The van der Waals surface area contributed by atoms with Gasteiger partial charge >= 0.3 is 0 Å². The Kier molecular flexibility index (Phi) is 6.17. The van der Waals surface area contributed by atoms with Crippen LogP contribution in [0.4, 0.5) is 0 Å². The molecule has 2 atom stereocenters. The number of nitrogens with one attached hydrogen (secondary N) is 1. The number of aliphatic hydroxyl groups excluding tert-OH is 1. The average molecular weight is 278 g/mol.